The van der Waals surface area contributed by atoms with E-state index in [0.717, 1.165) is 6.54 Å². The van der Waals surface area contributed by atoms with Crippen LogP contribution in [0, 0.1) is 5.82 Å². The van der Waals surface area contributed by atoms with Crippen molar-refractivity contribution >= 4 is 23.0 Å². The van der Waals surface area contributed by atoms with E-state index in [9.17, 15) is 4.39 Å². The summed E-state index contributed by atoms with van der Waals surface area (Å²) in [5, 5.41) is 3.49. The van der Waals surface area contributed by atoms with E-state index >= 15 is 0 Å². The highest BCUT2D eigenvalue weighted by Crippen LogP contribution is 2.14. The van der Waals surface area contributed by atoms with Gasteiger partial charge in [0.25, 0.3) is 0 Å². The average molecular weight is 288 g/mol. The molecule has 104 valence electrons. The molecule has 0 bridgehead atoms. The molecule has 2 aromatic rings. The highest BCUT2D eigenvalue weighted by atomic mass is 32.1. The van der Waals surface area contributed by atoms with E-state index in [0.29, 0.717) is 17.3 Å². The quantitative estimate of drug-likeness (QED) is 0.855. The van der Waals surface area contributed by atoms with Gasteiger partial charge in [0.1, 0.15) is 5.82 Å². The average Bonchev–Trinajstić information content (AvgIpc) is 2.48. The third-order valence-corrected chi connectivity index (χ3v) is 3.36. The summed E-state index contributed by atoms with van der Waals surface area (Å²) < 4.78 is 13.6. The first kappa shape index (κ1) is 14.5. The van der Waals surface area contributed by atoms with Crippen molar-refractivity contribution in [2.24, 2.45) is 0 Å². The van der Waals surface area contributed by atoms with Gasteiger partial charge in [-0.25, -0.2) is 4.39 Å². The minimum absolute atomic E-state index is 0.300. The Morgan fingerprint density at radius 2 is 1.75 bits per heavy atom. The third kappa shape index (κ3) is 3.78. The molecule has 0 spiro atoms. The first-order valence-corrected chi connectivity index (χ1v) is 6.96. The van der Waals surface area contributed by atoms with Crippen LogP contribution in [0.4, 0.5) is 10.1 Å². The predicted molar refractivity (Wildman–Crippen MR) is 85.1 cm³/mol. The summed E-state index contributed by atoms with van der Waals surface area (Å²) >= 11 is 5.36. The third-order valence-electron chi connectivity index (χ3n) is 3.00. The lowest BCUT2D eigenvalue weighted by Crippen LogP contribution is -2.34. The number of anilines is 1. The molecular formula is C16H17FN2S. The molecule has 0 atom stereocenters. The molecule has 2 nitrogen and oxygen atoms in total. The second-order valence-corrected chi connectivity index (χ2v) is 4.80. The molecule has 0 heterocycles. The van der Waals surface area contributed by atoms with Crippen molar-refractivity contribution < 1.29 is 4.39 Å². The summed E-state index contributed by atoms with van der Waals surface area (Å²) in [7, 11) is 0. The summed E-state index contributed by atoms with van der Waals surface area (Å²) in [5.41, 5.74) is 1.58. The molecule has 0 aromatic heterocycles. The van der Waals surface area contributed by atoms with E-state index < -0.39 is 0 Å². The maximum absolute atomic E-state index is 13.6. The van der Waals surface area contributed by atoms with Gasteiger partial charge in [-0.1, -0.05) is 42.5 Å². The number of para-hydroxylation sites is 1. The fraction of sp³-hybridized carbons (Fsp3) is 0.188. The fourth-order valence-electron chi connectivity index (χ4n) is 1.89. The van der Waals surface area contributed by atoms with Crippen LogP contribution in [0.25, 0.3) is 0 Å². The van der Waals surface area contributed by atoms with Gasteiger partial charge < -0.3 is 10.2 Å². The Hall–Kier alpha value is -1.94. The smallest absolute Gasteiger partial charge is 0.173 e. The van der Waals surface area contributed by atoms with E-state index in [2.05, 4.69) is 5.32 Å². The van der Waals surface area contributed by atoms with Crippen LogP contribution in [0.1, 0.15) is 12.5 Å². The molecule has 0 aliphatic carbocycles. The van der Waals surface area contributed by atoms with Gasteiger partial charge >= 0.3 is 0 Å². The summed E-state index contributed by atoms with van der Waals surface area (Å²) in [6.45, 7) is 3.49. The highest BCUT2D eigenvalue weighted by molar-refractivity contribution is 7.80. The normalized spacial score (nSPS) is 10.1. The van der Waals surface area contributed by atoms with Crippen molar-refractivity contribution in [3.05, 3.63) is 66.0 Å². The van der Waals surface area contributed by atoms with Crippen molar-refractivity contribution in [2.75, 3.05) is 11.9 Å². The number of nitrogens with one attached hydrogen (secondary N) is 1. The number of nitrogens with zero attached hydrogens (tertiary/aromatic N) is 1. The number of hydrogen-bond acceptors (Lipinski definition) is 1. The molecule has 20 heavy (non-hydrogen) atoms. The van der Waals surface area contributed by atoms with Crippen LogP contribution in [0.5, 0.6) is 0 Å². The topological polar surface area (TPSA) is 15.3 Å². The standard InChI is InChI=1S/C16H17FN2S/c1-2-19(12-13-8-4-3-5-9-13)16(20)18-15-11-7-6-10-14(15)17/h3-11H,2,12H2,1H3,(H,18,20). The molecule has 0 unspecified atom stereocenters. The van der Waals surface area contributed by atoms with Crippen LogP contribution in [-0.4, -0.2) is 16.6 Å². The Morgan fingerprint density at radius 3 is 2.40 bits per heavy atom. The van der Waals surface area contributed by atoms with Crippen molar-refractivity contribution in [3.8, 4) is 0 Å². The first-order valence-electron chi connectivity index (χ1n) is 6.55. The Labute approximate surface area is 124 Å². The van der Waals surface area contributed by atoms with Gasteiger partial charge in [-0.05, 0) is 36.8 Å². The van der Waals surface area contributed by atoms with Crippen molar-refractivity contribution in [2.45, 2.75) is 13.5 Å². The number of hydrogen-bond donors (Lipinski definition) is 1. The Balaban J connectivity index is 2.04. The summed E-state index contributed by atoms with van der Waals surface area (Å²) in [6.07, 6.45) is 0. The highest BCUT2D eigenvalue weighted by Gasteiger charge is 2.10. The number of rotatable bonds is 4. The Morgan fingerprint density at radius 1 is 1.10 bits per heavy atom. The lowest BCUT2D eigenvalue weighted by Gasteiger charge is -2.24. The number of thiocarbonyl (C=S) groups is 1. The van der Waals surface area contributed by atoms with E-state index in [-0.39, 0.29) is 5.82 Å². The first-order chi connectivity index (χ1) is 9.70. The van der Waals surface area contributed by atoms with E-state index in [1.165, 1.54) is 11.6 Å². The summed E-state index contributed by atoms with van der Waals surface area (Å²) in [4.78, 5) is 2.00. The molecule has 0 amide bonds. The maximum atomic E-state index is 13.6. The second-order valence-electron chi connectivity index (χ2n) is 4.41. The number of benzene rings is 2. The van der Waals surface area contributed by atoms with Crippen LogP contribution < -0.4 is 5.32 Å². The lowest BCUT2D eigenvalue weighted by atomic mass is 10.2. The Bertz CT molecular complexity index is 572. The van der Waals surface area contributed by atoms with Crippen LogP contribution in [0.15, 0.2) is 54.6 Å². The predicted octanol–water partition coefficient (Wildman–Crippen LogP) is 4.04. The van der Waals surface area contributed by atoms with E-state index in [4.69, 9.17) is 12.2 Å². The zero-order valence-electron chi connectivity index (χ0n) is 11.3. The summed E-state index contributed by atoms with van der Waals surface area (Å²) in [5.74, 6) is -0.300. The molecule has 2 aromatic carbocycles. The van der Waals surface area contributed by atoms with Crippen molar-refractivity contribution in [1.29, 1.82) is 0 Å². The van der Waals surface area contributed by atoms with Gasteiger partial charge in [0.2, 0.25) is 0 Å². The molecule has 0 aliphatic heterocycles. The van der Waals surface area contributed by atoms with Crippen LogP contribution >= 0.6 is 12.2 Å². The molecule has 4 heteroatoms. The SMILES string of the molecule is CCN(Cc1ccccc1)C(=S)Nc1ccccc1F. The zero-order valence-corrected chi connectivity index (χ0v) is 12.2. The molecule has 0 saturated heterocycles. The second kappa shape index (κ2) is 7.01. The van der Waals surface area contributed by atoms with Gasteiger partial charge in [0.05, 0.1) is 5.69 Å². The molecule has 0 aliphatic rings. The monoisotopic (exact) mass is 288 g/mol. The van der Waals surface area contributed by atoms with Crippen LogP contribution in [0.3, 0.4) is 0 Å². The van der Waals surface area contributed by atoms with Crippen LogP contribution in [0.2, 0.25) is 0 Å². The van der Waals surface area contributed by atoms with Crippen LogP contribution in [-0.2, 0) is 6.54 Å². The molecule has 1 N–H and O–H groups in total. The molecule has 0 saturated carbocycles. The minimum atomic E-state index is -0.300. The van der Waals surface area contributed by atoms with Gasteiger partial charge in [0.15, 0.2) is 5.11 Å². The summed E-state index contributed by atoms with van der Waals surface area (Å²) in [6, 6.07) is 16.6. The molecule has 2 rings (SSSR count). The number of halogens is 1. The lowest BCUT2D eigenvalue weighted by molar-refractivity contribution is 0.442. The van der Waals surface area contributed by atoms with Crippen molar-refractivity contribution in [1.82, 2.24) is 4.90 Å². The van der Waals surface area contributed by atoms with E-state index in [1.807, 2.05) is 42.2 Å². The van der Waals surface area contributed by atoms with Gasteiger partial charge in [-0.3, -0.25) is 0 Å². The largest absolute Gasteiger partial charge is 0.345 e. The molecular weight excluding hydrogens is 271 g/mol. The zero-order chi connectivity index (χ0) is 14.4. The fourth-order valence-corrected chi connectivity index (χ4v) is 2.19. The Kier molecular flexibility index (Phi) is 5.07. The maximum Gasteiger partial charge on any atom is 0.173 e. The van der Waals surface area contributed by atoms with Gasteiger partial charge in [0, 0.05) is 13.1 Å². The molecule has 0 radical (unpaired) electrons. The van der Waals surface area contributed by atoms with Gasteiger partial charge in [-0.2, -0.15) is 0 Å². The molecule has 0 fully saturated rings. The van der Waals surface area contributed by atoms with E-state index in [1.54, 1.807) is 18.2 Å². The van der Waals surface area contributed by atoms with Crippen molar-refractivity contribution in [3.63, 3.8) is 0 Å². The minimum Gasteiger partial charge on any atom is -0.345 e. The van der Waals surface area contributed by atoms with Gasteiger partial charge in [-0.15, -0.1) is 0 Å².